The Morgan fingerprint density at radius 3 is 2.88 bits per heavy atom. The van der Waals surface area contributed by atoms with Gasteiger partial charge in [-0.15, -0.1) is 0 Å². The maximum absolute atomic E-state index is 12.8. The summed E-state index contributed by atoms with van der Waals surface area (Å²) in [7, 11) is 0. The van der Waals surface area contributed by atoms with Crippen LogP contribution in [0, 0.1) is 13.8 Å². The number of benzene rings is 1. The molecule has 1 aromatic carbocycles. The molecule has 1 fully saturated rings. The van der Waals surface area contributed by atoms with Crippen LogP contribution in [0.15, 0.2) is 42.7 Å². The fraction of sp³-hybridized carbons (Fsp3) is 0.429. The Morgan fingerprint density at radius 2 is 2.19 bits per heavy atom. The molecule has 0 radical (unpaired) electrons. The fourth-order valence-corrected chi connectivity index (χ4v) is 3.04. The van der Waals surface area contributed by atoms with Gasteiger partial charge in [-0.1, -0.05) is 12.1 Å². The van der Waals surface area contributed by atoms with Crippen LogP contribution in [-0.2, 0) is 16.1 Å². The highest BCUT2D eigenvalue weighted by atomic mass is 16.5. The molecule has 138 valence electrons. The summed E-state index contributed by atoms with van der Waals surface area (Å²) >= 11 is 0. The molecule has 2 heterocycles. The summed E-state index contributed by atoms with van der Waals surface area (Å²) in [6, 6.07) is 9.74. The summed E-state index contributed by atoms with van der Waals surface area (Å²) in [5, 5.41) is 0. The van der Waals surface area contributed by atoms with Gasteiger partial charge in [0, 0.05) is 32.1 Å². The molecule has 0 spiro atoms. The largest absolute Gasteiger partial charge is 0.484 e. The minimum Gasteiger partial charge on any atom is -0.484 e. The van der Waals surface area contributed by atoms with Crippen LogP contribution < -0.4 is 4.74 Å². The van der Waals surface area contributed by atoms with Crippen LogP contribution in [0.1, 0.15) is 29.5 Å². The van der Waals surface area contributed by atoms with Crippen molar-refractivity contribution in [3.63, 3.8) is 0 Å². The lowest BCUT2D eigenvalue weighted by Crippen LogP contribution is -2.39. The van der Waals surface area contributed by atoms with E-state index < -0.39 is 0 Å². The smallest absolute Gasteiger partial charge is 0.260 e. The van der Waals surface area contributed by atoms with Crippen molar-refractivity contribution in [3.05, 3.63) is 59.4 Å². The van der Waals surface area contributed by atoms with Crippen molar-refractivity contribution in [1.82, 2.24) is 9.88 Å². The number of carbonyl (C=O) groups is 1. The van der Waals surface area contributed by atoms with Gasteiger partial charge in [0.1, 0.15) is 5.75 Å². The summed E-state index contributed by atoms with van der Waals surface area (Å²) in [5.74, 6) is 0.683. The molecule has 26 heavy (non-hydrogen) atoms. The number of hydrogen-bond donors (Lipinski definition) is 0. The third-order valence-electron chi connectivity index (χ3n) is 4.74. The van der Waals surface area contributed by atoms with E-state index in [1.165, 1.54) is 5.56 Å². The molecule has 0 bridgehead atoms. The number of rotatable bonds is 7. The second-order valence-electron chi connectivity index (χ2n) is 6.81. The number of carbonyl (C=O) groups excluding carboxylic acids is 1. The van der Waals surface area contributed by atoms with Crippen LogP contribution in [0.4, 0.5) is 0 Å². The van der Waals surface area contributed by atoms with Gasteiger partial charge in [-0.3, -0.25) is 9.78 Å². The Morgan fingerprint density at radius 1 is 1.31 bits per heavy atom. The third kappa shape index (κ3) is 5.05. The van der Waals surface area contributed by atoms with Gasteiger partial charge in [0.15, 0.2) is 6.61 Å². The molecular weight excluding hydrogens is 328 g/mol. The molecule has 0 aliphatic carbocycles. The highest BCUT2D eigenvalue weighted by molar-refractivity contribution is 5.77. The molecule has 1 saturated heterocycles. The number of amides is 1. The van der Waals surface area contributed by atoms with E-state index in [1.54, 1.807) is 12.4 Å². The van der Waals surface area contributed by atoms with E-state index in [0.29, 0.717) is 13.1 Å². The molecule has 0 N–H and O–H groups in total. The van der Waals surface area contributed by atoms with E-state index in [0.717, 1.165) is 36.3 Å². The zero-order chi connectivity index (χ0) is 18.4. The molecule has 1 amide bonds. The van der Waals surface area contributed by atoms with Gasteiger partial charge in [0.2, 0.25) is 0 Å². The lowest BCUT2D eigenvalue weighted by molar-refractivity contribution is -0.135. The Labute approximate surface area is 155 Å². The van der Waals surface area contributed by atoms with Crippen LogP contribution in [0.3, 0.4) is 0 Å². The molecule has 2 aromatic rings. The van der Waals surface area contributed by atoms with Crippen molar-refractivity contribution in [2.45, 2.75) is 39.3 Å². The maximum Gasteiger partial charge on any atom is 0.260 e. The van der Waals surface area contributed by atoms with Crippen molar-refractivity contribution in [2.75, 3.05) is 19.8 Å². The summed E-state index contributed by atoms with van der Waals surface area (Å²) in [6.45, 7) is 6.00. The zero-order valence-electron chi connectivity index (χ0n) is 15.5. The number of nitrogens with zero attached hydrogens (tertiary/aromatic N) is 2. The maximum atomic E-state index is 12.8. The van der Waals surface area contributed by atoms with Crippen molar-refractivity contribution in [2.24, 2.45) is 0 Å². The number of aryl methyl sites for hydroxylation is 2. The molecule has 5 heteroatoms. The molecule has 1 aliphatic rings. The normalized spacial score (nSPS) is 16.5. The van der Waals surface area contributed by atoms with Gasteiger partial charge in [-0.25, -0.2) is 0 Å². The van der Waals surface area contributed by atoms with Crippen LogP contribution in [0.25, 0.3) is 0 Å². The molecule has 1 atom stereocenters. The van der Waals surface area contributed by atoms with Crippen molar-refractivity contribution >= 4 is 5.91 Å². The number of ether oxygens (including phenoxy) is 2. The highest BCUT2D eigenvalue weighted by Crippen LogP contribution is 2.18. The van der Waals surface area contributed by atoms with Crippen LogP contribution >= 0.6 is 0 Å². The van der Waals surface area contributed by atoms with E-state index in [4.69, 9.17) is 9.47 Å². The first-order valence-corrected chi connectivity index (χ1v) is 9.10. The van der Waals surface area contributed by atoms with Gasteiger partial charge >= 0.3 is 0 Å². The average Bonchev–Trinajstić information content (AvgIpc) is 3.16. The first-order chi connectivity index (χ1) is 12.6. The van der Waals surface area contributed by atoms with Crippen molar-refractivity contribution < 1.29 is 14.3 Å². The topological polar surface area (TPSA) is 51.7 Å². The first kappa shape index (κ1) is 18.4. The lowest BCUT2D eigenvalue weighted by atomic mass is 10.1. The van der Waals surface area contributed by atoms with E-state index in [1.807, 2.05) is 42.2 Å². The molecule has 1 unspecified atom stereocenters. The number of pyridine rings is 1. The first-order valence-electron chi connectivity index (χ1n) is 9.10. The predicted octanol–water partition coefficient (Wildman–Crippen LogP) is 3.29. The predicted molar refractivity (Wildman–Crippen MR) is 100 cm³/mol. The van der Waals surface area contributed by atoms with Crippen LogP contribution in [0.2, 0.25) is 0 Å². The van der Waals surface area contributed by atoms with E-state index >= 15 is 0 Å². The third-order valence-corrected chi connectivity index (χ3v) is 4.74. The lowest BCUT2D eigenvalue weighted by Gasteiger charge is -2.25. The Balaban J connectivity index is 1.63. The summed E-state index contributed by atoms with van der Waals surface area (Å²) < 4.78 is 11.5. The van der Waals surface area contributed by atoms with Gasteiger partial charge in [-0.05, 0) is 61.6 Å². The summed E-state index contributed by atoms with van der Waals surface area (Å²) in [6.07, 6.45) is 5.68. The highest BCUT2D eigenvalue weighted by Gasteiger charge is 2.23. The quantitative estimate of drug-likeness (QED) is 0.766. The monoisotopic (exact) mass is 354 g/mol. The molecule has 1 aromatic heterocycles. The summed E-state index contributed by atoms with van der Waals surface area (Å²) in [4.78, 5) is 18.7. The van der Waals surface area contributed by atoms with Crippen molar-refractivity contribution in [3.8, 4) is 5.75 Å². The van der Waals surface area contributed by atoms with E-state index in [2.05, 4.69) is 11.9 Å². The van der Waals surface area contributed by atoms with Gasteiger partial charge in [0.25, 0.3) is 5.91 Å². The molecular formula is C21H26N2O3. The van der Waals surface area contributed by atoms with Crippen LogP contribution in [0.5, 0.6) is 5.75 Å². The molecule has 5 nitrogen and oxygen atoms in total. The zero-order valence-corrected chi connectivity index (χ0v) is 15.5. The molecule has 3 rings (SSSR count). The van der Waals surface area contributed by atoms with Gasteiger partial charge in [-0.2, -0.15) is 0 Å². The van der Waals surface area contributed by atoms with E-state index in [-0.39, 0.29) is 18.6 Å². The summed E-state index contributed by atoms with van der Waals surface area (Å²) in [5.41, 5.74) is 3.37. The second kappa shape index (κ2) is 8.81. The Bertz CT molecular complexity index is 727. The number of hydrogen-bond acceptors (Lipinski definition) is 4. The standard InChI is InChI=1S/C21H26N2O3/c1-16-7-8-19(11-17(16)2)26-15-21(24)23(14-20-6-4-10-25-20)13-18-5-3-9-22-12-18/h3,5,7-9,11-12,20H,4,6,10,13-15H2,1-2H3. The Kier molecular flexibility index (Phi) is 6.23. The SMILES string of the molecule is Cc1ccc(OCC(=O)N(Cc2cccnc2)CC2CCCO2)cc1C. The number of aromatic nitrogens is 1. The molecule has 1 aliphatic heterocycles. The van der Waals surface area contributed by atoms with Crippen LogP contribution in [-0.4, -0.2) is 41.7 Å². The van der Waals surface area contributed by atoms with Gasteiger partial charge < -0.3 is 14.4 Å². The minimum atomic E-state index is -0.0393. The fourth-order valence-electron chi connectivity index (χ4n) is 3.04. The van der Waals surface area contributed by atoms with Gasteiger partial charge in [0.05, 0.1) is 6.10 Å². The second-order valence-corrected chi connectivity index (χ2v) is 6.81. The average molecular weight is 354 g/mol. The van der Waals surface area contributed by atoms with E-state index in [9.17, 15) is 4.79 Å². The minimum absolute atomic E-state index is 0.0233. The van der Waals surface area contributed by atoms with Crippen molar-refractivity contribution in [1.29, 1.82) is 0 Å². The molecule has 0 saturated carbocycles. The Hall–Kier alpha value is -2.40.